The van der Waals surface area contributed by atoms with Crippen molar-refractivity contribution in [3.63, 3.8) is 0 Å². The zero-order valence-corrected chi connectivity index (χ0v) is 18.3. The molecule has 0 bridgehead atoms. The zero-order valence-electron chi connectivity index (χ0n) is 17.6. The second kappa shape index (κ2) is 8.88. The lowest BCUT2D eigenvalue weighted by Gasteiger charge is -2.32. The highest BCUT2D eigenvalue weighted by atomic mass is 35.5. The number of fused-ring (bicyclic) bond motifs is 1. The van der Waals surface area contributed by atoms with E-state index in [0.717, 1.165) is 35.2 Å². The summed E-state index contributed by atoms with van der Waals surface area (Å²) in [7, 11) is 0. The van der Waals surface area contributed by atoms with Gasteiger partial charge in [0.05, 0.1) is 35.2 Å². The average Bonchev–Trinajstić information content (AvgIpc) is 2.73. The van der Waals surface area contributed by atoms with Crippen molar-refractivity contribution in [1.29, 1.82) is 0 Å². The highest BCUT2D eigenvalue weighted by molar-refractivity contribution is 6.31. The highest BCUT2D eigenvalue weighted by Gasteiger charge is 2.18. The van der Waals surface area contributed by atoms with E-state index in [0.29, 0.717) is 28.7 Å². The van der Waals surface area contributed by atoms with Crippen molar-refractivity contribution in [2.45, 2.75) is 26.9 Å². The molecule has 1 aliphatic heterocycles. The molecule has 0 radical (unpaired) electrons. The SMILES string of the molecule is CC(=O)Nc1cc2c(C#Cc3ncc(N4CCO[C@@H](C)C4)cc3Cl)cnc(C)c2cn1. The number of pyridine rings is 3. The van der Waals surface area contributed by atoms with E-state index in [-0.39, 0.29) is 12.0 Å². The molecular formula is C23H22ClN5O2. The lowest BCUT2D eigenvalue weighted by molar-refractivity contribution is -0.114. The molecule has 0 spiro atoms. The first kappa shape index (κ1) is 21.0. The number of nitrogens with one attached hydrogen (secondary N) is 1. The molecule has 3 aromatic rings. The topological polar surface area (TPSA) is 80.2 Å². The van der Waals surface area contributed by atoms with Crippen molar-refractivity contribution >= 4 is 39.8 Å². The number of hydrogen-bond acceptors (Lipinski definition) is 6. The number of halogens is 1. The van der Waals surface area contributed by atoms with Crippen molar-refractivity contribution in [1.82, 2.24) is 15.0 Å². The highest BCUT2D eigenvalue weighted by Crippen LogP contribution is 2.24. The van der Waals surface area contributed by atoms with Gasteiger partial charge in [-0.15, -0.1) is 0 Å². The maximum absolute atomic E-state index is 11.4. The number of nitrogens with zero attached hydrogens (tertiary/aromatic N) is 4. The standard InChI is InChI=1S/C23H22ClN5O2/c1-14-13-29(6-7-31-14)18-8-21(24)22(26-11-18)5-4-17-10-25-15(2)20-12-27-23(9-19(17)20)28-16(3)30/h8-12,14H,6-7,13H2,1-3H3,(H,27,28,30)/t14-/m0/s1. The fraction of sp³-hybridized carbons (Fsp3) is 0.304. The molecular weight excluding hydrogens is 414 g/mol. The van der Waals surface area contributed by atoms with Gasteiger partial charge < -0.3 is 15.0 Å². The Morgan fingerprint density at radius 1 is 1.19 bits per heavy atom. The monoisotopic (exact) mass is 435 g/mol. The summed E-state index contributed by atoms with van der Waals surface area (Å²) in [4.78, 5) is 26.7. The van der Waals surface area contributed by atoms with E-state index in [1.807, 2.05) is 19.9 Å². The number of anilines is 2. The Morgan fingerprint density at radius 2 is 2.03 bits per heavy atom. The fourth-order valence-electron chi connectivity index (χ4n) is 3.49. The number of carbonyl (C=O) groups excluding carboxylic acids is 1. The Morgan fingerprint density at radius 3 is 2.77 bits per heavy atom. The molecule has 158 valence electrons. The number of rotatable bonds is 2. The summed E-state index contributed by atoms with van der Waals surface area (Å²) in [6.07, 6.45) is 5.36. The van der Waals surface area contributed by atoms with Crippen LogP contribution < -0.4 is 10.2 Å². The van der Waals surface area contributed by atoms with Gasteiger partial charge in [0, 0.05) is 48.9 Å². The molecule has 31 heavy (non-hydrogen) atoms. The zero-order chi connectivity index (χ0) is 22.0. The summed E-state index contributed by atoms with van der Waals surface area (Å²) < 4.78 is 5.59. The minimum atomic E-state index is -0.184. The Bertz CT molecular complexity index is 1220. The summed E-state index contributed by atoms with van der Waals surface area (Å²) in [6, 6.07) is 3.69. The van der Waals surface area contributed by atoms with Gasteiger partial charge in [0.2, 0.25) is 5.91 Å². The Labute approximate surface area is 185 Å². The number of amides is 1. The van der Waals surface area contributed by atoms with E-state index in [1.54, 1.807) is 24.7 Å². The predicted molar refractivity (Wildman–Crippen MR) is 121 cm³/mol. The van der Waals surface area contributed by atoms with Gasteiger partial charge in [-0.2, -0.15) is 0 Å². The van der Waals surface area contributed by atoms with Crippen molar-refractivity contribution in [3.05, 3.63) is 52.7 Å². The quantitative estimate of drug-likeness (QED) is 0.620. The van der Waals surface area contributed by atoms with Crippen LogP contribution in [0.15, 0.2) is 30.7 Å². The fourth-order valence-corrected chi connectivity index (χ4v) is 3.70. The third-order valence-corrected chi connectivity index (χ3v) is 5.31. The van der Waals surface area contributed by atoms with Gasteiger partial charge >= 0.3 is 0 Å². The molecule has 1 saturated heterocycles. The molecule has 8 heteroatoms. The third kappa shape index (κ3) is 4.76. The average molecular weight is 436 g/mol. The van der Waals surface area contributed by atoms with Crippen LogP contribution in [0, 0.1) is 18.8 Å². The van der Waals surface area contributed by atoms with Crippen LogP contribution in [0.2, 0.25) is 5.02 Å². The summed E-state index contributed by atoms with van der Waals surface area (Å²) in [6.45, 7) is 7.69. The van der Waals surface area contributed by atoms with Crippen LogP contribution in [0.5, 0.6) is 0 Å². The maximum atomic E-state index is 11.4. The van der Waals surface area contributed by atoms with Gasteiger partial charge in [-0.1, -0.05) is 17.5 Å². The molecule has 1 N–H and O–H groups in total. The molecule has 4 rings (SSSR count). The molecule has 3 aromatic heterocycles. The van der Waals surface area contributed by atoms with E-state index in [1.165, 1.54) is 6.92 Å². The molecule has 1 atom stereocenters. The third-order valence-electron chi connectivity index (χ3n) is 5.02. The Balaban J connectivity index is 1.66. The van der Waals surface area contributed by atoms with Gasteiger partial charge in [-0.25, -0.2) is 9.97 Å². The number of ether oxygens (including phenoxy) is 1. The Kier molecular flexibility index (Phi) is 6.03. The molecule has 1 fully saturated rings. The maximum Gasteiger partial charge on any atom is 0.222 e. The molecule has 1 amide bonds. The van der Waals surface area contributed by atoms with Crippen molar-refractivity contribution < 1.29 is 9.53 Å². The second-order valence-corrected chi connectivity index (χ2v) is 7.86. The normalized spacial score (nSPS) is 16.0. The van der Waals surface area contributed by atoms with Crippen LogP contribution >= 0.6 is 11.6 Å². The van der Waals surface area contributed by atoms with Crippen molar-refractivity contribution in [3.8, 4) is 11.8 Å². The summed E-state index contributed by atoms with van der Waals surface area (Å²) in [5.41, 5.74) is 3.00. The van der Waals surface area contributed by atoms with Gasteiger partial charge in [0.25, 0.3) is 0 Å². The minimum absolute atomic E-state index is 0.172. The summed E-state index contributed by atoms with van der Waals surface area (Å²) >= 11 is 6.48. The smallest absolute Gasteiger partial charge is 0.222 e. The van der Waals surface area contributed by atoms with Crippen LogP contribution in [-0.4, -0.2) is 46.7 Å². The van der Waals surface area contributed by atoms with Crippen molar-refractivity contribution in [2.24, 2.45) is 0 Å². The number of morpholine rings is 1. The van der Waals surface area contributed by atoms with Crippen LogP contribution in [0.4, 0.5) is 11.5 Å². The van der Waals surface area contributed by atoms with E-state index in [4.69, 9.17) is 16.3 Å². The van der Waals surface area contributed by atoms with E-state index >= 15 is 0 Å². The first-order valence-corrected chi connectivity index (χ1v) is 10.4. The molecule has 1 aliphatic rings. The molecule has 0 aromatic carbocycles. The summed E-state index contributed by atoms with van der Waals surface area (Å²) in [5.74, 6) is 6.46. The van der Waals surface area contributed by atoms with Gasteiger partial charge in [-0.3, -0.25) is 9.78 Å². The van der Waals surface area contributed by atoms with E-state index in [9.17, 15) is 4.79 Å². The number of hydrogen-bond donors (Lipinski definition) is 1. The predicted octanol–water partition coefficient (Wildman–Crippen LogP) is 3.57. The summed E-state index contributed by atoms with van der Waals surface area (Å²) in [5, 5.41) is 4.92. The van der Waals surface area contributed by atoms with Crippen LogP contribution in [0.25, 0.3) is 10.8 Å². The lowest BCUT2D eigenvalue weighted by atomic mass is 10.1. The molecule has 4 heterocycles. The van der Waals surface area contributed by atoms with E-state index in [2.05, 4.69) is 37.0 Å². The van der Waals surface area contributed by atoms with Gasteiger partial charge in [0.15, 0.2) is 0 Å². The van der Waals surface area contributed by atoms with Crippen LogP contribution in [-0.2, 0) is 9.53 Å². The Hall–Kier alpha value is -3.21. The van der Waals surface area contributed by atoms with Gasteiger partial charge in [-0.05, 0) is 31.9 Å². The molecule has 0 aliphatic carbocycles. The number of aromatic nitrogens is 3. The second-order valence-electron chi connectivity index (χ2n) is 7.45. The minimum Gasteiger partial charge on any atom is -0.375 e. The lowest BCUT2D eigenvalue weighted by Crippen LogP contribution is -2.41. The molecule has 7 nitrogen and oxygen atoms in total. The number of aryl methyl sites for hydroxylation is 1. The first-order valence-electron chi connectivity index (χ1n) is 9.98. The largest absolute Gasteiger partial charge is 0.375 e. The van der Waals surface area contributed by atoms with E-state index < -0.39 is 0 Å². The van der Waals surface area contributed by atoms with Crippen LogP contribution in [0.1, 0.15) is 30.8 Å². The van der Waals surface area contributed by atoms with Crippen molar-refractivity contribution in [2.75, 3.05) is 29.9 Å². The molecule has 0 unspecified atom stereocenters. The molecule has 0 saturated carbocycles. The number of carbonyl (C=O) groups is 1. The van der Waals surface area contributed by atoms with Gasteiger partial charge in [0.1, 0.15) is 11.5 Å². The van der Waals surface area contributed by atoms with Crippen LogP contribution in [0.3, 0.4) is 0 Å². The first-order chi connectivity index (χ1) is 14.9.